The summed E-state index contributed by atoms with van der Waals surface area (Å²) in [6, 6.07) is 9.74. The highest BCUT2D eigenvalue weighted by Crippen LogP contribution is 2.20. The van der Waals surface area contributed by atoms with E-state index in [1.165, 1.54) is 4.80 Å². The van der Waals surface area contributed by atoms with Crippen molar-refractivity contribution < 1.29 is 9.63 Å². The number of carbonyl (C=O) groups excluding carboxylic acids is 1. The SMILES string of the molecule is Cc1cc(C)nc(N2CCN(C(=O)c3cc(C)ccc3-n3nccn3)CCO2)c1. The van der Waals surface area contributed by atoms with Crippen molar-refractivity contribution in [3.8, 4) is 5.69 Å². The number of hydroxylamine groups is 1. The number of rotatable bonds is 3. The minimum atomic E-state index is -0.0557. The van der Waals surface area contributed by atoms with Crippen molar-refractivity contribution in [3.63, 3.8) is 0 Å². The number of carbonyl (C=O) groups is 1. The molecule has 1 saturated heterocycles. The molecule has 0 aliphatic carbocycles. The average Bonchev–Trinajstić information content (AvgIpc) is 3.10. The summed E-state index contributed by atoms with van der Waals surface area (Å²) >= 11 is 0. The van der Waals surface area contributed by atoms with E-state index in [0.29, 0.717) is 37.5 Å². The normalized spacial score (nSPS) is 14.7. The van der Waals surface area contributed by atoms with Crippen LogP contribution >= 0.6 is 0 Å². The van der Waals surface area contributed by atoms with Crippen molar-refractivity contribution in [1.82, 2.24) is 24.9 Å². The largest absolute Gasteiger partial charge is 0.334 e. The predicted octanol–water partition coefficient (Wildman–Crippen LogP) is 2.48. The molecule has 150 valence electrons. The molecule has 3 aromatic rings. The van der Waals surface area contributed by atoms with Crippen LogP contribution in [0.25, 0.3) is 5.69 Å². The quantitative estimate of drug-likeness (QED) is 0.682. The number of amides is 1. The lowest BCUT2D eigenvalue weighted by atomic mass is 10.1. The molecule has 8 heteroatoms. The van der Waals surface area contributed by atoms with Gasteiger partial charge in [-0.25, -0.2) is 10.0 Å². The van der Waals surface area contributed by atoms with Crippen LogP contribution in [0.15, 0.2) is 42.7 Å². The third-order valence-electron chi connectivity index (χ3n) is 4.82. The van der Waals surface area contributed by atoms with Gasteiger partial charge in [0, 0.05) is 18.8 Å². The average molecular weight is 392 g/mol. The highest BCUT2D eigenvalue weighted by Gasteiger charge is 2.24. The van der Waals surface area contributed by atoms with Gasteiger partial charge in [-0.2, -0.15) is 15.0 Å². The van der Waals surface area contributed by atoms with E-state index in [2.05, 4.69) is 15.2 Å². The molecule has 0 unspecified atom stereocenters. The van der Waals surface area contributed by atoms with Gasteiger partial charge in [-0.05, 0) is 50.6 Å². The number of aryl methyl sites for hydroxylation is 3. The molecular formula is C21H24N6O2. The van der Waals surface area contributed by atoms with Crippen LogP contribution < -0.4 is 5.06 Å². The number of anilines is 1. The third kappa shape index (κ3) is 4.12. The first kappa shape index (κ1) is 19.1. The number of hydrogen-bond donors (Lipinski definition) is 0. The molecule has 0 saturated carbocycles. The van der Waals surface area contributed by atoms with E-state index >= 15 is 0 Å². The van der Waals surface area contributed by atoms with E-state index in [1.807, 2.05) is 56.0 Å². The van der Waals surface area contributed by atoms with Gasteiger partial charge in [0.15, 0.2) is 5.82 Å². The van der Waals surface area contributed by atoms with Gasteiger partial charge in [0.2, 0.25) is 0 Å². The Morgan fingerprint density at radius 2 is 1.76 bits per heavy atom. The maximum absolute atomic E-state index is 13.3. The van der Waals surface area contributed by atoms with Crippen LogP contribution in [-0.4, -0.2) is 57.0 Å². The zero-order valence-corrected chi connectivity index (χ0v) is 16.9. The van der Waals surface area contributed by atoms with Gasteiger partial charge in [0.05, 0.1) is 36.8 Å². The summed E-state index contributed by atoms with van der Waals surface area (Å²) in [5.41, 5.74) is 4.33. The molecule has 1 aromatic carbocycles. The monoisotopic (exact) mass is 392 g/mol. The fourth-order valence-electron chi connectivity index (χ4n) is 3.49. The van der Waals surface area contributed by atoms with Crippen molar-refractivity contribution >= 4 is 11.7 Å². The molecule has 1 aliphatic heterocycles. The van der Waals surface area contributed by atoms with Crippen LogP contribution in [0.5, 0.6) is 0 Å². The Balaban J connectivity index is 1.56. The van der Waals surface area contributed by atoms with Crippen LogP contribution in [0.3, 0.4) is 0 Å². The van der Waals surface area contributed by atoms with E-state index in [0.717, 1.165) is 22.6 Å². The first-order valence-corrected chi connectivity index (χ1v) is 9.63. The van der Waals surface area contributed by atoms with Gasteiger partial charge in [-0.1, -0.05) is 11.6 Å². The lowest BCUT2D eigenvalue weighted by Gasteiger charge is -2.22. The Hall–Kier alpha value is -3.26. The van der Waals surface area contributed by atoms with Crippen LogP contribution in [-0.2, 0) is 4.84 Å². The van der Waals surface area contributed by atoms with Gasteiger partial charge in [-0.15, -0.1) is 0 Å². The molecule has 0 N–H and O–H groups in total. The molecule has 0 atom stereocenters. The highest BCUT2D eigenvalue weighted by molar-refractivity contribution is 5.98. The summed E-state index contributed by atoms with van der Waals surface area (Å²) in [7, 11) is 0. The standard InChI is InChI=1S/C21H24N6O2/c1-15-4-5-19(27-22-6-7-23-27)18(13-15)21(28)25-8-9-26(29-11-10-25)20-14-16(2)12-17(3)24-20/h4-7,12-14H,8-11H2,1-3H3. The molecule has 1 fully saturated rings. The smallest absolute Gasteiger partial charge is 0.256 e. The summed E-state index contributed by atoms with van der Waals surface area (Å²) in [6.07, 6.45) is 3.20. The van der Waals surface area contributed by atoms with Crippen molar-refractivity contribution in [2.24, 2.45) is 0 Å². The summed E-state index contributed by atoms with van der Waals surface area (Å²) in [5, 5.41) is 10.1. The maximum atomic E-state index is 13.3. The second-order valence-electron chi connectivity index (χ2n) is 7.21. The molecular weight excluding hydrogens is 368 g/mol. The number of nitrogens with zero attached hydrogens (tertiary/aromatic N) is 6. The van der Waals surface area contributed by atoms with Crippen LogP contribution in [0.4, 0.5) is 5.82 Å². The number of benzene rings is 1. The number of hydrogen-bond acceptors (Lipinski definition) is 6. The molecule has 8 nitrogen and oxygen atoms in total. The van der Waals surface area contributed by atoms with Gasteiger partial charge < -0.3 is 4.90 Å². The molecule has 4 rings (SSSR count). The first-order chi connectivity index (χ1) is 14.0. The second kappa shape index (κ2) is 8.00. The van der Waals surface area contributed by atoms with Crippen molar-refractivity contribution in [1.29, 1.82) is 0 Å². The number of aromatic nitrogens is 4. The van der Waals surface area contributed by atoms with Crippen molar-refractivity contribution in [2.75, 3.05) is 31.3 Å². The van der Waals surface area contributed by atoms with E-state index in [1.54, 1.807) is 17.5 Å². The van der Waals surface area contributed by atoms with E-state index in [4.69, 9.17) is 4.84 Å². The highest BCUT2D eigenvalue weighted by atomic mass is 16.7. The molecule has 1 amide bonds. The summed E-state index contributed by atoms with van der Waals surface area (Å²) < 4.78 is 0. The van der Waals surface area contributed by atoms with Crippen LogP contribution in [0, 0.1) is 20.8 Å². The van der Waals surface area contributed by atoms with E-state index in [-0.39, 0.29) is 5.91 Å². The fraction of sp³-hybridized carbons (Fsp3) is 0.333. The van der Waals surface area contributed by atoms with Crippen LogP contribution in [0.1, 0.15) is 27.2 Å². The molecule has 0 radical (unpaired) electrons. The lowest BCUT2D eigenvalue weighted by molar-refractivity contribution is 0.0730. The van der Waals surface area contributed by atoms with Crippen molar-refractivity contribution in [2.45, 2.75) is 20.8 Å². The minimum Gasteiger partial charge on any atom is -0.334 e. The predicted molar refractivity (Wildman–Crippen MR) is 109 cm³/mol. The van der Waals surface area contributed by atoms with Gasteiger partial charge in [-0.3, -0.25) is 9.63 Å². The van der Waals surface area contributed by atoms with Gasteiger partial charge in [0.25, 0.3) is 5.91 Å². The second-order valence-corrected chi connectivity index (χ2v) is 7.21. The summed E-state index contributed by atoms with van der Waals surface area (Å²) in [5.74, 6) is 0.716. The maximum Gasteiger partial charge on any atom is 0.256 e. The first-order valence-electron chi connectivity index (χ1n) is 9.63. The zero-order chi connectivity index (χ0) is 20.4. The molecule has 0 spiro atoms. The van der Waals surface area contributed by atoms with E-state index in [9.17, 15) is 4.79 Å². The number of pyridine rings is 1. The summed E-state index contributed by atoms with van der Waals surface area (Å²) in [4.78, 5) is 27.1. The lowest BCUT2D eigenvalue weighted by Crippen LogP contribution is -2.36. The Kier molecular flexibility index (Phi) is 5.26. The van der Waals surface area contributed by atoms with Gasteiger partial charge >= 0.3 is 0 Å². The van der Waals surface area contributed by atoms with Crippen LogP contribution in [0.2, 0.25) is 0 Å². The minimum absolute atomic E-state index is 0.0557. The summed E-state index contributed by atoms with van der Waals surface area (Å²) in [6.45, 7) is 7.95. The molecule has 1 aliphatic rings. The molecule has 3 heterocycles. The molecule has 0 bridgehead atoms. The Labute approximate surface area is 169 Å². The third-order valence-corrected chi connectivity index (χ3v) is 4.82. The van der Waals surface area contributed by atoms with Crippen molar-refractivity contribution in [3.05, 3.63) is 65.1 Å². The van der Waals surface area contributed by atoms with E-state index < -0.39 is 0 Å². The fourth-order valence-corrected chi connectivity index (χ4v) is 3.49. The van der Waals surface area contributed by atoms with Gasteiger partial charge in [0.1, 0.15) is 0 Å². The molecule has 29 heavy (non-hydrogen) atoms. The Morgan fingerprint density at radius 3 is 2.52 bits per heavy atom. The zero-order valence-electron chi connectivity index (χ0n) is 16.9. The topological polar surface area (TPSA) is 76.4 Å². The Morgan fingerprint density at radius 1 is 0.966 bits per heavy atom. The molecule has 2 aromatic heterocycles. The Bertz CT molecular complexity index is 998.